The number of carbonyl (C=O) groups excluding carboxylic acids is 2. The van der Waals surface area contributed by atoms with Crippen molar-refractivity contribution in [2.75, 3.05) is 0 Å². The van der Waals surface area contributed by atoms with Gasteiger partial charge in [-0.3, -0.25) is 9.59 Å². The van der Waals surface area contributed by atoms with E-state index in [1.165, 1.54) is 6.20 Å². The Bertz CT molecular complexity index is 443. The van der Waals surface area contributed by atoms with E-state index in [1.807, 2.05) is 0 Å². The monoisotopic (exact) mass is 237 g/mol. The molecular weight excluding hydrogens is 222 g/mol. The van der Waals surface area contributed by atoms with Crippen LogP contribution < -0.4 is 15.8 Å². The second kappa shape index (κ2) is 4.82. The predicted molar refractivity (Wildman–Crippen MR) is 60.5 cm³/mol. The summed E-state index contributed by atoms with van der Waals surface area (Å²) in [6.45, 7) is 3.42. The van der Waals surface area contributed by atoms with Crippen LogP contribution in [-0.4, -0.2) is 17.4 Å². The van der Waals surface area contributed by atoms with Gasteiger partial charge in [0.2, 0.25) is 0 Å². The average Bonchev–Trinajstić information content (AvgIpc) is 2.20. The van der Waals surface area contributed by atoms with Gasteiger partial charge in [-0.15, -0.1) is 0 Å². The summed E-state index contributed by atoms with van der Waals surface area (Å²) >= 11 is 0. The molecular formula is C11H15N3O3. The minimum absolute atomic E-state index is 0.302. The van der Waals surface area contributed by atoms with Crippen LogP contribution in [-0.2, 0) is 16.0 Å². The summed E-state index contributed by atoms with van der Waals surface area (Å²) in [5.41, 5.74) is 4.63. The Hall–Kier alpha value is -2.11. The Labute approximate surface area is 99.0 Å². The molecule has 0 atom stereocenters. The molecule has 0 radical (unpaired) electrons. The van der Waals surface area contributed by atoms with Crippen LogP contribution in [0.2, 0.25) is 0 Å². The largest absolute Gasteiger partial charge is 0.619 e. The van der Waals surface area contributed by atoms with E-state index >= 15 is 0 Å². The zero-order valence-corrected chi connectivity index (χ0v) is 9.77. The molecule has 0 fully saturated rings. The summed E-state index contributed by atoms with van der Waals surface area (Å²) in [5.74, 6) is -1.90. The second-order valence-corrected chi connectivity index (χ2v) is 4.40. The fourth-order valence-electron chi connectivity index (χ4n) is 1.47. The molecule has 2 amide bonds. The summed E-state index contributed by atoms with van der Waals surface area (Å²) in [6, 6.07) is 5.01. The molecule has 17 heavy (non-hydrogen) atoms. The molecule has 0 aromatic carbocycles. The third-order valence-corrected chi connectivity index (χ3v) is 2.20. The predicted octanol–water partition coefficient (Wildman–Crippen LogP) is -0.757. The van der Waals surface area contributed by atoms with Gasteiger partial charge in [-0.25, -0.2) is 0 Å². The molecule has 3 N–H and O–H groups in total. The van der Waals surface area contributed by atoms with Crippen LogP contribution >= 0.6 is 0 Å². The molecule has 6 heteroatoms. The maximum atomic E-state index is 11.4. The van der Waals surface area contributed by atoms with Crippen molar-refractivity contribution in [3.63, 3.8) is 0 Å². The summed E-state index contributed by atoms with van der Waals surface area (Å²) < 4.78 is 0.720. The zero-order chi connectivity index (χ0) is 13.1. The van der Waals surface area contributed by atoms with E-state index in [4.69, 9.17) is 5.73 Å². The van der Waals surface area contributed by atoms with Crippen LogP contribution in [0.4, 0.5) is 0 Å². The number of nitrogens with two attached hydrogens (primary N) is 1. The van der Waals surface area contributed by atoms with E-state index in [0.29, 0.717) is 12.1 Å². The number of primary amides is 1. The normalized spacial score (nSPS) is 10.9. The lowest BCUT2D eigenvalue weighted by Gasteiger charge is -2.24. The number of carbonyl (C=O) groups is 2. The summed E-state index contributed by atoms with van der Waals surface area (Å²) in [5, 5.41) is 13.9. The fourth-order valence-corrected chi connectivity index (χ4v) is 1.47. The molecule has 1 aromatic heterocycles. The van der Waals surface area contributed by atoms with Crippen molar-refractivity contribution in [3.8, 4) is 0 Å². The maximum absolute atomic E-state index is 11.4. The van der Waals surface area contributed by atoms with Crippen LogP contribution in [0.3, 0.4) is 0 Å². The van der Waals surface area contributed by atoms with Crippen LogP contribution in [0.5, 0.6) is 0 Å². The first kappa shape index (κ1) is 13.0. The van der Waals surface area contributed by atoms with Gasteiger partial charge in [0.1, 0.15) is 0 Å². The number of amides is 2. The first-order valence-electron chi connectivity index (χ1n) is 5.11. The number of pyridine rings is 1. The Balaban J connectivity index is 2.76. The summed E-state index contributed by atoms with van der Waals surface area (Å²) in [6.07, 6.45) is 1.68. The van der Waals surface area contributed by atoms with E-state index in [-0.39, 0.29) is 0 Å². The third-order valence-electron chi connectivity index (χ3n) is 2.20. The Morgan fingerprint density at radius 1 is 1.47 bits per heavy atom. The van der Waals surface area contributed by atoms with Crippen molar-refractivity contribution < 1.29 is 14.3 Å². The molecule has 0 aliphatic carbocycles. The minimum atomic E-state index is -1.04. The molecule has 1 rings (SSSR count). The van der Waals surface area contributed by atoms with E-state index < -0.39 is 17.4 Å². The van der Waals surface area contributed by atoms with Crippen molar-refractivity contribution >= 4 is 11.8 Å². The first-order valence-corrected chi connectivity index (χ1v) is 5.11. The highest BCUT2D eigenvalue weighted by atomic mass is 16.5. The molecule has 0 unspecified atom stereocenters. The Kier molecular flexibility index (Phi) is 3.67. The van der Waals surface area contributed by atoms with Gasteiger partial charge in [-0.05, 0) is 13.8 Å². The molecule has 0 aliphatic heterocycles. The number of hydrogen-bond acceptors (Lipinski definition) is 3. The maximum Gasteiger partial charge on any atom is 0.309 e. The van der Waals surface area contributed by atoms with Crippen molar-refractivity contribution in [3.05, 3.63) is 35.3 Å². The molecule has 0 spiro atoms. The standard InChI is InChI=1S/C11H15N3O3/c1-11(2,13-10(16)9(12)15)7-8-5-3-4-6-14(8)17/h3-6H,7H2,1-2H3,(H2,12,15)(H,13,16). The van der Waals surface area contributed by atoms with Crippen molar-refractivity contribution in [1.29, 1.82) is 0 Å². The van der Waals surface area contributed by atoms with E-state index in [2.05, 4.69) is 5.32 Å². The third kappa shape index (κ3) is 3.75. The van der Waals surface area contributed by atoms with Crippen molar-refractivity contribution in [1.82, 2.24) is 5.32 Å². The molecule has 0 saturated heterocycles. The number of aromatic nitrogens is 1. The minimum Gasteiger partial charge on any atom is -0.619 e. The Morgan fingerprint density at radius 2 is 2.12 bits per heavy atom. The molecule has 1 aromatic rings. The van der Waals surface area contributed by atoms with Gasteiger partial charge >= 0.3 is 11.8 Å². The smallest absolute Gasteiger partial charge is 0.309 e. The van der Waals surface area contributed by atoms with Crippen molar-refractivity contribution in [2.45, 2.75) is 25.8 Å². The molecule has 0 saturated carbocycles. The molecule has 0 aliphatic rings. The van der Waals surface area contributed by atoms with Gasteiger partial charge < -0.3 is 16.3 Å². The van der Waals surface area contributed by atoms with Crippen LogP contribution in [0.1, 0.15) is 19.5 Å². The van der Waals surface area contributed by atoms with E-state index in [1.54, 1.807) is 32.0 Å². The van der Waals surface area contributed by atoms with Crippen LogP contribution in [0.25, 0.3) is 0 Å². The Morgan fingerprint density at radius 3 is 2.65 bits per heavy atom. The molecule has 92 valence electrons. The SMILES string of the molecule is CC(C)(Cc1cccc[n+]1[O-])NC(=O)C(N)=O. The van der Waals surface area contributed by atoms with Gasteiger partial charge in [-0.2, -0.15) is 4.73 Å². The first-order chi connectivity index (χ1) is 7.82. The number of nitrogens with one attached hydrogen (secondary N) is 1. The van der Waals surface area contributed by atoms with Gasteiger partial charge in [0.25, 0.3) is 0 Å². The van der Waals surface area contributed by atoms with Gasteiger partial charge in [0.05, 0.1) is 6.42 Å². The zero-order valence-electron chi connectivity index (χ0n) is 9.77. The van der Waals surface area contributed by atoms with Crippen LogP contribution in [0, 0.1) is 5.21 Å². The van der Waals surface area contributed by atoms with E-state index in [0.717, 1.165) is 4.73 Å². The summed E-state index contributed by atoms with van der Waals surface area (Å²) in [7, 11) is 0. The molecule has 1 heterocycles. The number of hydrogen-bond donors (Lipinski definition) is 2. The number of nitrogens with zero attached hydrogens (tertiary/aromatic N) is 1. The summed E-state index contributed by atoms with van der Waals surface area (Å²) in [4.78, 5) is 21.8. The number of rotatable bonds is 3. The highest BCUT2D eigenvalue weighted by Gasteiger charge is 2.26. The fraction of sp³-hybridized carbons (Fsp3) is 0.364. The lowest BCUT2D eigenvalue weighted by molar-refractivity contribution is -0.614. The quantitative estimate of drug-likeness (QED) is 0.410. The van der Waals surface area contributed by atoms with Gasteiger partial charge in [-0.1, -0.05) is 6.07 Å². The van der Waals surface area contributed by atoms with Gasteiger partial charge in [0.15, 0.2) is 11.9 Å². The highest BCUT2D eigenvalue weighted by Crippen LogP contribution is 2.09. The van der Waals surface area contributed by atoms with Gasteiger partial charge in [0, 0.05) is 17.7 Å². The van der Waals surface area contributed by atoms with E-state index in [9.17, 15) is 14.8 Å². The lowest BCUT2D eigenvalue weighted by atomic mass is 9.98. The molecule has 6 nitrogen and oxygen atoms in total. The van der Waals surface area contributed by atoms with Crippen molar-refractivity contribution in [2.24, 2.45) is 5.73 Å². The van der Waals surface area contributed by atoms with Crippen LogP contribution in [0.15, 0.2) is 24.4 Å². The second-order valence-electron chi connectivity index (χ2n) is 4.40. The topological polar surface area (TPSA) is 99.1 Å². The average molecular weight is 237 g/mol. The lowest BCUT2D eigenvalue weighted by Crippen LogP contribution is -2.51. The highest BCUT2D eigenvalue weighted by molar-refractivity contribution is 6.34. The molecule has 0 bridgehead atoms.